The predicted octanol–water partition coefficient (Wildman–Crippen LogP) is 4.23. The lowest BCUT2D eigenvalue weighted by Crippen LogP contribution is -2.21. The Morgan fingerprint density at radius 1 is 0.741 bits per heavy atom. The summed E-state index contributed by atoms with van der Waals surface area (Å²) >= 11 is 0. The molecular weight excluding hydrogens is 342 g/mol. The third-order valence-electron chi connectivity index (χ3n) is 3.97. The maximum absolute atomic E-state index is 12.2. The van der Waals surface area contributed by atoms with Gasteiger partial charge in [-0.2, -0.15) is 0 Å². The molecular formula is C21H19N3O3. The van der Waals surface area contributed by atoms with Gasteiger partial charge in [-0.15, -0.1) is 0 Å². The van der Waals surface area contributed by atoms with Gasteiger partial charge < -0.3 is 21.1 Å². The number of carbonyl (C=O) groups is 2. The summed E-state index contributed by atoms with van der Waals surface area (Å²) in [4.78, 5) is 23.9. The number of amides is 1. The van der Waals surface area contributed by atoms with E-state index in [4.69, 9.17) is 0 Å². The van der Waals surface area contributed by atoms with E-state index in [1.807, 2.05) is 60.7 Å². The minimum absolute atomic E-state index is 0.0774. The zero-order valence-corrected chi connectivity index (χ0v) is 14.7. The summed E-state index contributed by atoms with van der Waals surface area (Å²) in [6.45, 7) is 0. The number of nitrogens with one attached hydrogen (secondary N) is 3. The minimum Gasteiger partial charge on any atom is -0.478 e. The second-order valence-corrected chi connectivity index (χ2v) is 5.81. The van der Waals surface area contributed by atoms with Crippen molar-refractivity contribution in [1.82, 2.24) is 5.32 Å². The summed E-state index contributed by atoms with van der Waals surface area (Å²) in [6.07, 6.45) is 0. The van der Waals surface area contributed by atoms with Gasteiger partial charge in [0.2, 0.25) is 0 Å². The highest BCUT2D eigenvalue weighted by atomic mass is 16.4. The number of benzene rings is 3. The molecule has 0 aliphatic rings. The molecule has 0 saturated heterocycles. The van der Waals surface area contributed by atoms with Gasteiger partial charge in [0.25, 0.3) is 5.91 Å². The molecule has 3 rings (SSSR count). The number of aromatic carboxylic acids is 1. The maximum Gasteiger partial charge on any atom is 0.336 e. The smallest absolute Gasteiger partial charge is 0.336 e. The highest BCUT2D eigenvalue weighted by molar-refractivity contribution is 6.07. The Balaban J connectivity index is 2.11. The molecule has 6 nitrogen and oxygen atoms in total. The summed E-state index contributed by atoms with van der Waals surface area (Å²) in [5.41, 5.74) is 2.77. The van der Waals surface area contributed by atoms with E-state index in [1.165, 1.54) is 13.1 Å². The van der Waals surface area contributed by atoms with Crippen molar-refractivity contribution in [3.8, 4) is 0 Å². The van der Waals surface area contributed by atoms with E-state index in [1.54, 1.807) is 6.07 Å². The number of anilines is 4. The average molecular weight is 361 g/mol. The molecule has 0 fully saturated rings. The first-order valence-electron chi connectivity index (χ1n) is 8.36. The lowest BCUT2D eigenvalue weighted by molar-refractivity contribution is 0.0691. The Hall–Kier alpha value is -3.80. The SMILES string of the molecule is CNC(=O)c1cc(Nc2ccccc2)c(Nc2ccccc2)cc1C(=O)O. The molecule has 0 atom stereocenters. The normalized spacial score (nSPS) is 10.1. The van der Waals surface area contributed by atoms with Gasteiger partial charge in [-0.05, 0) is 36.4 Å². The first-order chi connectivity index (χ1) is 13.1. The quantitative estimate of drug-likeness (QED) is 0.527. The van der Waals surface area contributed by atoms with Crippen LogP contribution in [0, 0.1) is 0 Å². The third-order valence-corrected chi connectivity index (χ3v) is 3.97. The lowest BCUT2D eigenvalue weighted by atomic mass is 10.0. The topological polar surface area (TPSA) is 90.5 Å². The Bertz CT molecular complexity index is 957. The van der Waals surface area contributed by atoms with Crippen molar-refractivity contribution in [3.63, 3.8) is 0 Å². The number of carboxylic acid groups (broad SMARTS) is 1. The van der Waals surface area contributed by atoms with Crippen LogP contribution in [-0.4, -0.2) is 24.0 Å². The lowest BCUT2D eigenvalue weighted by Gasteiger charge is -2.17. The van der Waals surface area contributed by atoms with Gasteiger partial charge in [0.05, 0.1) is 22.5 Å². The van der Waals surface area contributed by atoms with E-state index >= 15 is 0 Å². The van der Waals surface area contributed by atoms with Crippen LogP contribution in [0.15, 0.2) is 72.8 Å². The number of carboxylic acids is 1. The van der Waals surface area contributed by atoms with Gasteiger partial charge in [0.1, 0.15) is 0 Å². The molecule has 6 heteroatoms. The Labute approximate surface area is 156 Å². The molecule has 0 unspecified atom stereocenters. The Kier molecular flexibility index (Phi) is 5.37. The van der Waals surface area contributed by atoms with E-state index < -0.39 is 11.9 Å². The molecule has 0 aliphatic carbocycles. The molecule has 0 aromatic heterocycles. The fourth-order valence-corrected chi connectivity index (χ4v) is 2.66. The molecule has 3 aromatic rings. The summed E-state index contributed by atoms with van der Waals surface area (Å²) < 4.78 is 0. The van der Waals surface area contributed by atoms with Crippen LogP contribution in [0.2, 0.25) is 0 Å². The highest BCUT2D eigenvalue weighted by Crippen LogP contribution is 2.32. The molecule has 0 aliphatic heterocycles. The molecule has 0 spiro atoms. The van der Waals surface area contributed by atoms with E-state index in [9.17, 15) is 14.7 Å². The zero-order valence-electron chi connectivity index (χ0n) is 14.7. The van der Waals surface area contributed by atoms with Crippen molar-refractivity contribution in [2.75, 3.05) is 17.7 Å². The molecule has 0 bridgehead atoms. The molecule has 1 amide bonds. The van der Waals surface area contributed by atoms with Crippen LogP contribution in [0.1, 0.15) is 20.7 Å². The number of para-hydroxylation sites is 2. The van der Waals surface area contributed by atoms with Crippen molar-refractivity contribution in [2.24, 2.45) is 0 Å². The molecule has 0 radical (unpaired) electrons. The van der Waals surface area contributed by atoms with E-state index in [0.717, 1.165) is 11.4 Å². The van der Waals surface area contributed by atoms with Crippen LogP contribution < -0.4 is 16.0 Å². The van der Waals surface area contributed by atoms with Crippen LogP contribution in [-0.2, 0) is 0 Å². The van der Waals surface area contributed by atoms with Crippen LogP contribution >= 0.6 is 0 Å². The van der Waals surface area contributed by atoms with Gasteiger partial charge in [0, 0.05) is 18.4 Å². The third kappa shape index (κ3) is 4.24. The Morgan fingerprint density at radius 2 is 1.19 bits per heavy atom. The fourth-order valence-electron chi connectivity index (χ4n) is 2.66. The second kappa shape index (κ2) is 8.05. The van der Waals surface area contributed by atoms with Crippen LogP contribution in [0.5, 0.6) is 0 Å². The van der Waals surface area contributed by atoms with E-state index in [0.29, 0.717) is 11.4 Å². The maximum atomic E-state index is 12.2. The fraction of sp³-hybridized carbons (Fsp3) is 0.0476. The van der Waals surface area contributed by atoms with Crippen molar-refractivity contribution in [3.05, 3.63) is 83.9 Å². The van der Waals surface area contributed by atoms with Crippen LogP contribution in [0.4, 0.5) is 22.7 Å². The van der Waals surface area contributed by atoms with Gasteiger partial charge in [0.15, 0.2) is 0 Å². The van der Waals surface area contributed by atoms with Crippen LogP contribution in [0.25, 0.3) is 0 Å². The standard InChI is InChI=1S/C21H19N3O3/c1-22-20(25)16-12-18(23-14-8-4-2-5-9-14)19(13-17(16)21(26)27)24-15-10-6-3-7-11-15/h2-13,23-24H,1H3,(H,22,25)(H,26,27). The van der Waals surface area contributed by atoms with Crippen molar-refractivity contribution < 1.29 is 14.7 Å². The first-order valence-corrected chi connectivity index (χ1v) is 8.36. The first kappa shape index (κ1) is 18.0. The summed E-state index contributed by atoms with van der Waals surface area (Å²) in [5, 5.41) is 18.5. The molecule has 0 saturated carbocycles. The van der Waals surface area contributed by atoms with Gasteiger partial charge in [-0.1, -0.05) is 36.4 Å². The van der Waals surface area contributed by atoms with Crippen molar-refractivity contribution in [2.45, 2.75) is 0 Å². The van der Waals surface area contributed by atoms with Gasteiger partial charge in [-0.3, -0.25) is 4.79 Å². The monoisotopic (exact) mass is 361 g/mol. The largest absolute Gasteiger partial charge is 0.478 e. The second-order valence-electron chi connectivity index (χ2n) is 5.81. The number of hydrogen-bond donors (Lipinski definition) is 4. The van der Waals surface area contributed by atoms with E-state index in [-0.39, 0.29) is 11.1 Å². The van der Waals surface area contributed by atoms with Gasteiger partial charge in [-0.25, -0.2) is 4.79 Å². The summed E-state index contributed by atoms with van der Waals surface area (Å²) in [7, 11) is 1.47. The number of rotatable bonds is 6. The average Bonchev–Trinajstić information content (AvgIpc) is 2.69. The van der Waals surface area contributed by atoms with Crippen molar-refractivity contribution in [1.29, 1.82) is 0 Å². The molecule has 27 heavy (non-hydrogen) atoms. The summed E-state index contributed by atoms with van der Waals surface area (Å²) in [5.74, 6) is -1.63. The zero-order chi connectivity index (χ0) is 19.2. The minimum atomic E-state index is -1.17. The molecule has 4 N–H and O–H groups in total. The summed E-state index contributed by atoms with van der Waals surface area (Å²) in [6, 6.07) is 21.9. The van der Waals surface area contributed by atoms with Gasteiger partial charge >= 0.3 is 5.97 Å². The Morgan fingerprint density at radius 3 is 1.59 bits per heavy atom. The van der Waals surface area contributed by atoms with Crippen LogP contribution in [0.3, 0.4) is 0 Å². The number of hydrogen-bond acceptors (Lipinski definition) is 4. The highest BCUT2D eigenvalue weighted by Gasteiger charge is 2.20. The van der Waals surface area contributed by atoms with Crippen molar-refractivity contribution >= 4 is 34.6 Å². The molecule has 0 heterocycles. The van der Waals surface area contributed by atoms with E-state index in [2.05, 4.69) is 16.0 Å². The predicted molar refractivity (Wildman–Crippen MR) is 106 cm³/mol. The molecule has 3 aromatic carbocycles. The number of carbonyl (C=O) groups excluding carboxylic acids is 1. The molecule has 136 valence electrons.